The molecular formula is C25H27N3. The van der Waals surface area contributed by atoms with Gasteiger partial charge in [0.25, 0.3) is 0 Å². The van der Waals surface area contributed by atoms with Gasteiger partial charge in [-0.2, -0.15) is 0 Å². The minimum Gasteiger partial charge on any atom is -0.368 e. The summed E-state index contributed by atoms with van der Waals surface area (Å²) in [6.07, 6.45) is 4.80. The number of benzene rings is 2. The molecule has 1 fully saturated rings. The van der Waals surface area contributed by atoms with Crippen molar-refractivity contribution in [2.75, 3.05) is 31.1 Å². The Morgan fingerprint density at radius 2 is 1.39 bits per heavy atom. The molecule has 0 atom stereocenters. The van der Waals surface area contributed by atoms with Crippen LogP contribution in [0.2, 0.25) is 0 Å². The van der Waals surface area contributed by atoms with E-state index in [1.807, 2.05) is 12.4 Å². The first kappa shape index (κ1) is 18.3. The van der Waals surface area contributed by atoms with Gasteiger partial charge in [0.05, 0.1) is 0 Å². The lowest BCUT2D eigenvalue weighted by molar-refractivity contribution is 0.368. The predicted molar refractivity (Wildman–Crippen MR) is 118 cm³/mol. The van der Waals surface area contributed by atoms with E-state index in [9.17, 15) is 0 Å². The molecule has 1 aliphatic rings. The first-order chi connectivity index (χ1) is 13.7. The molecule has 3 nitrogen and oxygen atoms in total. The topological polar surface area (TPSA) is 19.4 Å². The largest absolute Gasteiger partial charge is 0.368 e. The second kappa shape index (κ2) is 8.30. The quantitative estimate of drug-likeness (QED) is 0.623. The average Bonchev–Trinajstić information content (AvgIpc) is 2.79. The molecule has 0 saturated carbocycles. The van der Waals surface area contributed by atoms with Gasteiger partial charge in [0.2, 0.25) is 0 Å². The molecular weight excluding hydrogens is 342 g/mol. The van der Waals surface area contributed by atoms with E-state index in [0.29, 0.717) is 0 Å². The van der Waals surface area contributed by atoms with Crippen molar-refractivity contribution in [3.05, 3.63) is 90.8 Å². The van der Waals surface area contributed by atoms with Crippen LogP contribution in [0.1, 0.15) is 18.1 Å². The lowest BCUT2D eigenvalue weighted by Crippen LogP contribution is -2.45. The molecule has 2 heterocycles. The van der Waals surface area contributed by atoms with Crippen molar-refractivity contribution in [1.29, 1.82) is 0 Å². The van der Waals surface area contributed by atoms with Gasteiger partial charge >= 0.3 is 0 Å². The fraction of sp³-hybridized carbons (Fsp3) is 0.240. The van der Waals surface area contributed by atoms with Gasteiger partial charge in [0, 0.05) is 50.0 Å². The van der Waals surface area contributed by atoms with Crippen molar-refractivity contribution in [1.82, 2.24) is 9.88 Å². The molecule has 1 saturated heterocycles. The molecule has 28 heavy (non-hydrogen) atoms. The van der Waals surface area contributed by atoms with Gasteiger partial charge in [-0.1, -0.05) is 62.0 Å². The van der Waals surface area contributed by atoms with Crippen LogP contribution in [-0.2, 0) is 6.42 Å². The van der Waals surface area contributed by atoms with Crippen LogP contribution in [0.15, 0.2) is 79.6 Å². The standard InChI is InChI=1S/C25H27N3/c1-3-21-4-6-23(7-5-21)24-10-8-22(9-11-24)20(2)27-16-18-28(19-17-27)25-12-14-26-15-13-25/h4-15H,2-3,16-19H2,1H3. The number of hydrogen-bond acceptors (Lipinski definition) is 3. The Balaban J connectivity index is 1.40. The first-order valence-corrected chi connectivity index (χ1v) is 10.0. The maximum atomic E-state index is 4.37. The number of piperazine rings is 1. The summed E-state index contributed by atoms with van der Waals surface area (Å²) in [5.74, 6) is 0. The molecule has 1 aromatic heterocycles. The van der Waals surface area contributed by atoms with E-state index in [4.69, 9.17) is 0 Å². The van der Waals surface area contributed by atoms with Gasteiger partial charge in [-0.05, 0) is 40.8 Å². The van der Waals surface area contributed by atoms with Crippen LogP contribution in [0.25, 0.3) is 16.8 Å². The number of hydrogen-bond donors (Lipinski definition) is 0. The number of rotatable bonds is 5. The van der Waals surface area contributed by atoms with Crippen molar-refractivity contribution < 1.29 is 0 Å². The number of aromatic nitrogens is 1. The summed E-state index contributed by atoms with van der Waals surface area (Å²) >= 11 is 0. The maximum Gasteiger partial charge on any atom is 0.0398 e. The van der Waals surface area contributed by atoms with Crippen LogP contribution in [0, 0.1) is 0 Å². The summed E-state index contributed by atoms with van der Waals surface area (Å²) in [6.45, 7) is 10.5. The molecule has 2 aromatic carbocycles. The highest BCUT2D eigenvalue weighted by Gasteiger charge is 2.18. The van der Waals surface area contributed by atoms with Crippen molar-refractivity contribution in [3.63, 3.8) is 0 Å². The van der Waals surface area contributed by atoms with Crippen molar-refractivity contribution in [3.8, 4) is 11.1 Å². The summed E-state index contributed by atoms with van der Waals surface area (Å²) < 4.78 is 0. The maximum absolute atomic E-state index is 4.37. The van der Waals surface area contributed by atoms with E-state index in [-0.39, 0.29) is 0 Å². The highest BCUT2D eigenvalue weighted by molar-refractivity contribution is 5.69. The highest BCUT2D eigenvalue weighted by Crippen LogP contribution is 2.25. The number of nitrogens with zero attached hydrogens (tertiary/aromatic N) is 3. The summed E-state index contributed by atoms with van der Waals surface area (Å²) in [7, 11) is 0. The summed E-state index contributed by atoms with van der Waals surface area (Å²) in [5.41, 5.74) is 7.45. The van der Waals surface area contributed by atoms with Crippen LogP contribution in [0.4, 0.5) is 5.69 Å². The molecule has 0 unspecified atom stereocenters. The van der Waals surface area contributed by atoms with Gasteiger partial charge < -0.3 is 9.80 Å². The average molecular weight is 370 g/mol. The number of aryl methyl sites for hydroxylation is 1. The highest BCUT2D eigenvalue weighted by atomic mass is 15.3. The Morgan fingerprint density at radius 3 is 1.96 bits per heavy atom. The fourth-order valence-electron chi connectivity index (χ4n) is 3.76. The SMILES string of the molecule is C=C(c1ccc(-c2ccc(CC)cc2)cc1)N1CCN(c2ccncc2)CC1. The summed E-state index contributed by atoms with van der Waals surface area (Å²) in [4.78, 5) is 8.91. The molecule has 0 N–H and O–H groups in total. The third-order valence-electron chi connectivity index (χ3n) is 5.60. The van der Waals surface area contributed by atoms with E-state index in [0.717, 1.165) is 38.3 Å². The molecule has 1 aliphatic heterocycles. The zero-order valence-corrected chi connectivity index (χ0v) is 16.5. The second-order valence-electron chi connectivity index (χ2n) is 7.25. The minimum absolute atomic E-state index is 0.987. The molecule has 3 aromatic rings. The monoisotopic (exact) mass is 369 g/mol. The third kappa shape index (κ3) is 3.94. The zero-order valence-electron chi connectivity index (χ0n) is 16.5. The number of anilines is 1. The van der Waals surface area contributed by atoms with Crippen LogP contribution >= 0.6 is 0 Å². The van der Waals surface area contributed by atoms with E-state index < -0.39 is 0 Å². The smallest absolute Gasteiger partial charge is 0.0398 e. The van der Waals surface area contributed by atoms with E-state index in [1.165, 1.54) is 27.9 Å². The van der Waals surface area contributed by atoms with Crippen molar-refractivity contribution in [2.24, 2.45) is 0 Å². The molecule has 142 valence electrons. The van der Waals surface area contributed by atoms with E-state index in [2.05, 4.69) is 89.0 Å². The van der Waals surface area contributed by atoms with Crippen LogP contribution < -0.4 is 4.90 Å². The van der Waals surface area contributed by atoms with Gasteiger partial charge in [0.15, 0.2) is 0 Å². The first-order valence-electron chi connectivity index (χ1n) is 10.0. The minimum atomic E-state index is 0.987. The lowest BCUT2D eigenvalue weighted by atomic mass is 10.0. The number of pyridine rings is 1. The van der Waals surface area contributed by atoms with Gasteiger partial charge in [-0.25, -0.2) is 0 Å². The molecule has 0 spiro atoms. The van der Waals surface area contributed by atoms with Crippen molar-refractivity contribution >= 4 is 11.4 Å². The van der Waals surface area contributed by atoms with Crippen LogP contribution in [0.3, 0.4) is 0 Å². The van der Waals surface area contributed by atoms with Crippen molar-refractivity contribution in [2.45, 2.75) is 13.3 Å². The Hall–Kier alpha value is -3.07. The Bertz CT molecular complexity index is 906. The lowest BCUT2D eigenvalue weighted by Gasteiger charge is -2.38. The van der Waals surface area contributed by atoms with Gasteiger partial charge in [0.1, 0.15) is 0 Å². The molecule has 0 bridgehead atoms. The zero-order chi connectivity index (χ0) is 19.3. The van der Waals surface area contributed by atoms with Gasteiger partial charge in [-0.3, -0.25) is 4.98 Å². The Labute approximate surface area is 168 Å². The molecule has 0 amide bonds. The second-order valence-corrected chi connectivity index (χ2v) is 7.25. The Kier molecular flexibility index (Phi) is 5.43. The van der Waals surface area contributed by atoms with E-state index >= 15 is 0 Å². The van der Waals surface area contributed by atoms with Gasteiger partial charge in [-0.15, -0.1) is 0 Å². The molecule has 4 rings (SSSR count). The summed E-state index contributed by atoms with van der Waals surface area (Å²) in [6, 6.07) is 21.8. The third-order valence-corrected chi connectivity index (χ3v) is 5.60. The Morgan fingerprint density at radius 1 is 0.821 bits per heavy atom. The van der Waals surface area contributed by atoms with Crippen LogP contribution in [0.5, 0.6) is 0 Å². The van der Waals surface area contributed by atoms with Crippen LogP contribution in [-0.4, -0.2) is 36.1 Å². The molecule has 0 aliphatic carbocycles. The fourth-order valence-corrected chi connectivity index (χ4v) is 3.76. The predicted octanol–water partition coefficient (Wildman–Crippen LogP) is 5.10. The molecule has 0 radical (unpaired) electrons. The van der Waals surface area contributed by atoms with E-state index in [1.54, 1.807) is 0 Å². The summed E-state index contributed by atoms with van der Waals surface area (Å²) in [5, 5.41) is 0. The molecule has 3 heteroatoms. The normalized spacial score (nSPS) is 14.2.